The van der Waals surface area contributed by atoms with Crippen LogP contribution >= 0.6 is 31.9 Å². The lowest BCUT2D eigenvalue weighted by molar-refractivity contribution is -0.135. The predicted octanol–water partition coefficient (Wildman–Crippen LogP) is 3.92. The van der Waals surface area contributed by atoms with E-state index >= 15 is 0 Å². The van der Waals surface area contributed by atoms with Crippen LogP contribution in [-0.4, -0.2) is 23.1 Å². The number of hydrazine groups is 1. The van der Waals surface area contributed by atoms with Crippen LogP contribution in [0.3, 0.4) is 0 Å². The third-order valence-electron chi connectivity index (χ3n) is 3.78. The highest BCUT2D eigenvalue weighted by Gasteiger charge is 2.20. The summed E-state index contributed by atoms with van der Waals surface area (Å²) in [5.41, 5.74) is 0.902. The van der Waals surface area contributed by atoms with Gasteiger partial charge < -0.3 is 5.11 Å². The van der Waals surface area contributed by atoms with Crippen LogP contribution in [0.2, 0.25) is 0 Å². The number of aromatic hydroxyl groups is 1. The number of aliphatic imine (C=N–C) groups is 1. The summed E-state index contributed by atoms with van der Waals surface area (Å²) < 4.78 is 0.849. The Bertz CT molecular complexity index is 1060. The van der Waals surface area contributed by atoms with Crippen molar-refractivity contribution in [1.82, 2.24) is 0 Å². The number of phenolic OH excluding ortho intramolecular Hbond substituents is 1. The first-order valence-electron chi connectivity index (χ1n) is 7.71. The molecule has 3 N–H and O–H groups in total. The van der Waals surface area contributed by atoms with E-state index in [4.69, 9.17) is 5.84 Å². The van der Waals surface area contributed by atoms with Crippen LogP contribution in [0.15, 0.2) is 68.5 Å². The normalized spacial score (nSPS) is 11.1. The second kappa shape index (κ2) is 7.99. The molecule has 0 saturated carbocycles. The molecule has 27 heavy (non-hydrogen) atoms. The first-order chi connectivity index (χ1) is 12.9. The molecule has 0 heterocycles. The summed E-state index contributed by atoms with van der Waals surface area (Å²) in [5, 5.41) is 12.4. The van der Waals surface area contributed by atoms with Crippen molar-refractivity contribution in [2.75, 3.05) is 5.01 Å². The number of hydrogen-bond donors (Lipinski definition) is 2. The van der Waals surface area contributed by atoms with Crippen molar-refractivity contribution in [2.24, 2.45) is 10.8 Å². The molecule has 0 aromatic heterocycles. The smallest absolute Gasteiger partial charge is 0.336 e. The summed E-state index contributed by atoms with van der Waals surface area (Å²) in [6, 6.07) is 15.9. The second-order valence-electron chi connectivity index (χ2n) is 5.60. The third kappa shape index (κ3) is 4.24. The van der Waals surface area contributed by atoms with Crippen molar-refractivity contribution in [2.45, 2.75) is 0 Å². The lowest BCUT2D eigenvalue weighted by atomic mass is 10.1. The number of phenols is 1. The molecule has 6 nitrogen and oxygen atoms in total. The van der Waals surface area contributed by atoms with Gasteiger partial charge in [-0.1, -0.05) is 30.3 Å². The Balaban J connectivity index is 1.78. The van der Waals surface area contributed by atoms with Gasteiger partial charge in [0.1, 0.15) is 5.75 Å². The molecule has 0 aliphatic heterocycles. The van der Waals surface area contributed by atoms with Crippen LogP contribution in [-0.2, 0) is 9.59 Å². The topological polar surface area (TPSA) is 96.0 Å². The summed E-state index contributed by atoms with van der Waals surface area (Å²) >= 11 is 6.37. The maximum atomic E-state index is 12.3. The summed E-state index contributed by atoms with van der Waals surface area (Å²) in [4.78, 5) is 28.0. The van der Waals surface area contributed by atoms with E-state index in [1.165, 1.54) is 6.21 Å². The van der Waals surface area contributed by atoms with Crippen molar-refractivity contribution in [1.29, 1.82) is 0 Å². The summed E-state index contributed by atoms with van der Waals surface area (Å²) in [5.74, 6) is 3.87. The number of carbonyl (C=O) groups is 2. The van der Waals surface area contributed by atoms with Crippen molar-refractivity contribution >= 4 is 66.3 Å². The molecule has 2 amide bonds. The summed E-state index contributed by atoms with van der Waals surface area (Å²) in [6.45, 7) is 0. The average Bonchev–Trinajstić information content (AvgIpc) is 2.68. The molecule has 0 radical (unpaired) electrons. The Kier molecular flexibility index (Phi) is 5.69. The average molecular weight is 491 g/mol. The number of rotatable bonds is 2. The molecular formula is C19H13Br2N3O3. The molecule has 0 spiro atoms. The minimum absolute atomic E-state index is 0.0268. The molecule has 0 bridgehead atoms. The van der Waals surface area contributed by atoms with E-state index in [2.05, 4.69) is 36.9 Å². The lowest BCUT2D eigenvalue weighted by Gasteiger charge is -2.15. The third-order valence-corrected chi connectivity index (χ3v) is 4.99. The second-order valence-corrected chi connectivity index (χ2v) is 7.31. The van der Waals surface area contributed by atoms with Crippen LogP contribution in [0.1, 0.15) is 5.56 Å². The highest BCUT2D eigenvalue weighted by molar-refractivity contribution is 9.11. The molecule has 3 aromatic rings. The number of benzene rings is 3. The fourth-order valence-corrected chi connectivity index (χ4v) is 3.62. The minimum atomic E-state index is -1.01. The molecular weight excluding hydrogens is 478 g/mol. The molecule has 0 unspecified atom stereocenters. The van der Waals surface area contributed by atoms with E-state index < -0.39 is 11.8 Å². The highest BCUT2D eigenvalue weighted by Crippen LogP contribution is 2.32. The zero-order valence-electron chi connectivity index (χ0n) is 13.8. The molecule has 0 aliphatic rings. The Morgan fingerprint density at radius 2 is 1.63 bits per heavy atom. The molecule has 0 fully saturated rings. The fraction of sp³-hybridized carbons (Fsp3) is 0. The lowest BCUT2D eigenvalue weighted by Crippen LogP contribution is -2.41. The van der Waals surface area contributed by atoms with E-state index in [0.29, 0.717) is 20.2 Å². The number of nitrogens with two attached hydrogens (primary N) is 1. The van der Waals surface area contributed by atoms with E-state index in [0.717, 1.165) is 15.8 Å². The quantitative estimate of drug-likeness (QED) is 0.187. The number of amides is 2. The van der Waals surface area contributed by atoms with E-state index in [9.17, 15) is 14.7 Å². The zero-order valence-corrected chi connectivity index (χ0v) is 16.9. The van der Waals surface area contributed by atoms with Crippen LogP contribution < -0.4 is 10.9 Å². The molecule has 0 saturated heterocycles. The van der Waals surface area contributed by atoms with Gasteiger partial charge in [-0.15, -0.1) is 0 Å². The first kappa shape index (κ1) is 19.2. The van der Waals surface area contributed by atoms with Gasteiger partial charge in [-0.25, -0.2) is 15.8 Å². The molecule has 3 aromatic carbocycles. The largest absolute Gasteiger partial charge is 0.506 e. The number of nitrogens with zero attached hydrogens (tertiary/aromatic N) is 2. The van der Waals surface area contributed by atoms with Gasteiger partial charge in [-0.2, -0.15) is 0 Å². The Labute approximate surface area is 171 Å². The van der Waals surface area contributed by atoms with Crippen molar-refractivity contribution in [3.05, 3.63) is 69.1 Å². The van der Waals surface area contributed by atoms with Crippen molar-refractivity contribution < 1.29 is 14.7 Å². The number of fused-ring (bicyclic) bond motifs is 1. The van der Waals surface area contributed by atoms with Crippen LogP contribution in [0.5, 0.6) is 5.75 Å². The monoisotopic (exact) mass is 489 g/mol. The summed E-state index contributed by atoms with van der Waals surface area (Å²) in [7, 11) is 0. The fourth-order valence-electron chi connectivity index (χ4n) is 2.39. The van der Waals surface area contributed by atoms with Gasteiger partial charge in [0.05, 0.1) is 14.6 Å². The van der Waals surface area contributed by atoms with E-state index in [1.54, 1.807) is 24.3 Å². The minimum Gasteiger partial charge on any atom is -0.506 e. The van der Waals surface area contributed by atoms with Crippen molar-refractivity contribution in [3.8, 4) is 5.75 Å². The number of carbonyl (C=O) groups excluding carboxylic acids is 2. The summed E-state index contributed by atoms with van der Waals surface area (Å²) in [6.07, 6.45) is 1.23. The molecule has 8 heteroatoms. The number of hydrogen-bond acceptors (Lipinski definition) is 4. The van der Waals surface area contributed by atoms with E-state index in [1.807, 2.05) is 30.3 Å². The van der Waals surface area contributed by atoms with Crippen LogP contribution in [0, 0.1) is 0 Å². The first-order valence-corrected chi connectivity index (χ1v) is 9.29. The SMILES string of the molecule is NN(C(=O)C(=O)N=Cc1cc(Br)c(O)c(Br)c1)c1ccc2ccccc2c1. The van der Waals surface area contributed by atoms with Gasteiger partial charge in [0, 0.05) is 6.21 Å². The maximum Gasteiger partial charge on any atom is 0.336 e. The maximum absolute atomic E-state index is 12.3. The standard InChI is InChI=1S/C19H13Br2N3O3/c20-15-7-11(8-16(21)17(15)25)10-23-18(26)19(27)24(22)14-6-5-12-3-1-2-4-13(12)9-14/h1-10,25H,22H2. The number of anilines is 1. The molecule has 0 aliphatic carbocycles. The predicted molar refractivity (Wildman–Crippen MR) is 112 cm³/mol. The van der Waals surface area contributed by atoms with Gasteiger partial charge >= 0.3 is 11.8 Å². The van der Waals surface area contributed by atoms with Gasteiger partial charge in [-0.05, 0) is 72.5 Å². The zero-order chi connectivity index (χ0) is 19.6. The van der Waals surface area contributed by atoms with Crippen LogP contribution in [0.25, 0.3) is 10.8 Å². The van der Waals surface area contributed by atoms with E-state index in [-0.39, 0.29) is 5.75 Å². The Hall–Kier alpha value is -2.55. The molecule has 3 rings (SSSR count). The number of halogens is 2. The Morgan fingerprint density at radius 1 is 1.00 bits per heavy atom. The van der Waals surface area contributed by atoms with Gasteiger partial charge in [-0.3, -0.25) is 9.59 Å². The molecule has 136 valence electrons. The van der Waals surface area contributed by atoms with Gasteiger partial charge in [0.25, 0.3) is 0 Å². The Morgan fingerprint density at radius 3 is 2.30 bits per heavy atom. The van der Waals surface area contributed by atoms with Gasteiger partial charge in [0.2, 0.25) is 0 Å². The highest BCUT2D eigenvalue weighted by atomic mass is 79.9. The van der Waals surface area contributed by atoms with Crippen molar-refractivity contribution in [3.63, 3.8) is 0 Å². The van der Waals surface area contributed by atoms with Gasteiger partial charge in [0.15, 0.2) is 0 Å². The van der Waals surface area contributed by atoms with Crippen LogP contribution in [0.4, 0.5) is 5.69 Å². The molecule has 0 atom stereocenters.